The summed E-state index contributed by atoms with van der Waals surface area (Å²) in [5.41, 5.74) is 1.23. The molecule has 1 aliphatic rings. The van der Waals surface area contributed by atoms with Crippen LogP contribution < -0.4 is 20.3 Å². The number of amides is 1. The molecule has 1 saturated heterocycles. The van der Waals surface area contributed by atoms with E-state index in [0.29, 0.717) is 26.1 Å². The minimum atomic E-state index is 0.136. The van der Waals surface area contributed by atoms with Crippen molar-refractivity contribution in [1.82, 2.24) is 25.5 Å². The summed E-state index contributed by atoms with van der Waals surface area (Å²) in [6, 6.07) is 9.86. The summed E-state index contributed by atoms with van der Waals surface area (Å²) in [6.45, 7) is 6.87. The van der Waals surface area contributed by atoms with Crippen molar-refractivity contribution in [3.05, 3.63) is 48.3 Å². The van der Waals surface area contributed by atoms with Crippen LogP contribution in [0, 0.1) is 0 Å². The lowest BCUT2D eigenvalue weighted by Crippen LogP contribution is -2.49. The molecule has 0 radical (unpaired) electrons. The number of carbonyl (C=O) groups excluding carboxylic acids is 1. The van der Waals surface area contributed by atoms with Crippen molar-refractivity contribution in [3.63, 3.8) is 0 Å². The highest BCUT2D eigenvalue weighted by atomic mass is 16.5. The number of guanidine groups is 1. The van der Waals surface area contributed by atoms with Crippen LogP contribution in [0.3, 0.4) is 0 Å². The summed E-state index contributed by atoms with van der Waals surface area (Å²) in [4.78, 5) is 29.7. The first-order valence-corrected chi connectivity index (χ1v) is 11.1. The quantitative estimate of drug-likeness (QED) is 0.449. The van der Waals surface area contributed by atoms with E-state index in [1.54, 1.807) is 25.6 Å². The van der Waals surface area contributed by atoms with Gasteiger partial charge in [0.25, 0.3) is 0 Å². The second kappa shape index (κ2) is 12.5. The number of methoxy groups -OCH3 is 1. The molecule has 1 aromatic heterocycles. The number of hydrogen-bond acceptors (Lipinski definition) is 6. The van der Waals surface area contributed by atoms with Gasteiger partial charge in [-0.05, 0) is 37.1 Å². The average Bonchev–Trinajstić information content (AvgIpc) is 2.85. The van der Waals surface area contributed by atoms with Crippen LogP contribution in [0.1, 0.15) is 18.9 Å². The molecule has 0 spiro atoms. The number of ether oxygens (including phenoxy) is 1. The first kappa shape index (κ1) is 23.3. The van der Waals surface area contributed by atoms with E-state index in [9.17, 15) is 4.79 Å². The van der Waals surface area contributed by atoms with Crippen molar-refractivity contribution < 1.29 is 9.53 Å². The predicted octanol–water partition coefficient (Wildman–Crippen LogP) is 1.32. The van der Waals surface area contributed by atoms with Crippen LogP contribution in [0.25, 0.3) is 0 Å². The monoisotopic (exact) mass is 439 g/mol. The maximum Gasteiger partial charge on any atom is 0.225 e. The Bertz CT molecular complexity index is 850. The van der Waals surface area contributed by atoms with E-state index in [4.69, 9.17) is 4.74 Å². The van der Waals surface area contributed by atoms with E-state index in [2.05, 4.69) is 42.6 Å². The Labute approximate surface area is 189 Å². The lowest BCUT2D eigenvalue weighted by Gasteiger charge is -2.34. The third-order valence-electron chi connectivity index (χ3n) is 5.27. The van der Waals surface area contributed by atoms with Gasteiger partial charge < -0.3 is 25.2 Å². The number of anilines is 1. The summed E-state index contributed by atoms with van der Waals surface area (Å²) in [7, 11) is 1.67. The topological polar surface area (TPSA) is 95.0 Å². The van der Waals surface area contributed by atoms with Gasteiger partial charge in [-0.2, -0.15) is 0 Å². The van der Waals surface area contributed by atoms with E-state index in [-0.39, 0.29) is 5.91 Å². The lowest BCUT2D eigenvalue weighted by molar-refractivity contribution is -0.131. The van der Waals surface area contributed by atoms with Gasteiger partial charge in [0.1, 0.15) is 5.75 Å². The number of aromatic nitrogens is 2. The number of piperazine rings is 1. The van der Waals surface area contributed by atoms with Crippen molar-refractivity contribution in [2.45, 2.75) is 19.8 Å². The number of aliphatic imine (C=N–C) groups is 1. The molecule has 2 heterocycles. The molecule has 0 atom stereocenters. The van der Waals surface area contributed by atoms with E-state index >= 15 is 0 Å². The minimum absolute atomic E-state index is 0.136. The van der Waals surface area contributed by atoms with Gasteiger partial charge >= 0.3 is 0 Å². The highest BCUT2D eigenvalue weighted by Gasteiger charge is 2.22. The molecule has 3 rings (SSSR count). The molecule has 0 unspecified atom stereocenters. The van der Waals surface area contributed by atoms with Gasteiger partial charge in [-0.1, -0.05) is 12.1 Å². The molecule has 2 aromatic rings. The van der Waals surface area contributed by atoms with Gasteiger partial charge in [0.15, 0.2) is 5.96 Å². The van der Waals surface area contributed by atoms with Crippen LogP contribution in [-0.2, 0) is 11.2 Å². The van der Waals surface area contributed by atoms with Crippen molar-refractivity contribution in [1.29, 1.82) is 0 Å². The molecule has 9 nitrogen and oxygen atoms in total. The predicted molar refractivity (Wildman–Crippen MR) is 126 cm³/mol. The zero-order valence-electron chi connectivity index (χ0n) is 19.0. The largest absolute Gasteiger partial charge is 0.497 e. The van der Waals surface area contributed by atoms with Gasteiger partial charge in [0, 0.05) is 58.1 Å². The Balaban J connectivity index is 1.39. The average molecular weight is 440 g/mol. The van der Waals surface area contributed by atoms with Crippen LogP contribution in [0.2, 0.25) is 0 Å². The molecular weight excluding hydrogens is 406 g/mol. The summed E-state index contributed by atoms with van der Waals surface area (Å²) in [5.74, 6) is 2.45. The SMILES string of the molecule is CCNC(=NCCC(=O)N1CCN(c2ncccn2)CC1)NCCc1ccc(OC)cc1. The van der Waals surface area contributed by atoms with E-state index in [1.807, 2.05) is 24.0 Å². The molecule has 0 aliphatic carbocycles. The Hall–Kier alpha value is -3.36. The fraction of sp³-hybridized carbons (Fsp3) is 0.478. The maximum atomic E-state index is 12.6. The van der Waals surface area contributed by atoms with Crippen molar-refractivity contribution in [2.24, 2.45) is 4.99 Å². The standard InChI is InChI=1S/C23H33N7O2/c1-3-24-22(25-13-9-19-5-7-20(32-2)8-6-19)26-14-10-21(31)29-15-17-30(18-16-29)23-27-11-4-12-28-23/h4-8,11-12H,3,9-10,13-18H2,1-2H3,(H2,24,25,26). The molecule has 1 fully saturated rings. The molecule has 32 heavy (non-hydrogen) atoms. The van der Waals surface area contributed by atoms with E-state index < -0.39 is 0 Å². The molecule has 1 aliphatic heterocycles. The van der Waals surface area contributed by atoms with Gasteiger partial charge in [0.05, 0.1) is 13.7 Å². The second-order valence-electron chi connectivity index (χ2n) is 7.45. The van der Waals surface area contributed by atoms with Crippen molar-refractivity contribution in [2.75, 3.05) is 57.8 Å². The van der Waals surface area contributed by atoms with Gasteiger partial charge in [-0.3, -0.25) is 9.79 Å². The zero-order valence-corrected chi connectivity index (χ0v) is 19.0. The van der Waals surface area contributed by atoms with Crippen LogP contribution in [-0.4, -0.2) is 79.7 Å². The summed E-state index contributed by atoms with van der Waals surface area (Å²) >= 11 is 0. The van der Waals surface area contributed by atoms with Crippen LogP contribution in [0.5, 0.6) is 5.75 Å². The van der Waals surface area contributed by atoms with Crippen molar-refractivity contribution >= 4 is 17.8 Å². The number of nitrogens with zero attached hydrogens (tertiary/aromatic N) is 5. The van der Waals surface area contributed by atoms with Crippen molar-refractivity contribution in [3.8, 4) is 5.75 Å². The van der Waals surface area contributed by atoms with E-state index in [1.165, 1.54) is 5.56 Å². The van der Waals surface area contributed by atoms with Crippen LogP contribution in [0.15, 0.2) is 47.7 Å². The number of carbonyl (C=O) groups is 1. The molecule has 1 aromatic carbocycles. The Morgan fingerprint density at radius 3 is 2.47 bits per heavy atom. The number of nitrogens with one attached hydrogen (secondary N) is 2. The van der Waals surface area contributed by atoms with Gasteiger partial charge in [-0.25, -0.2) is 9.97 Å². The number of benzene rings is 1. The normalized spacial score (nSPS) is 14.2. The molecule has 172 valence electrons. The second-order valence-corrected chi connectivity index (χ2v) is 7.45. The summed E-state index contributed by atoms with van der Waals surface area (Å²) in [6.07, 6.45) is 4.76. The smallest absolute Gasteiger partial charge is 0.225 e. The number of hydrogen-bond donors (Lipinski definition) is 2. The molecule has 0 saturated carbocycles. The Kier molecular flexibility index (Phi) is 9.09. The fourth-order valence-electron chi connectivity index (χ4n) is 3.49. The summed E-state index contributed by atoms with van der Waals surface area (Å²) in [5, 5.41) is 6.57. The van der Waals surface area contributed by atoms with Gasteiger partial charge in [-0.15, -0.1) is 0 Å². The third kappa shape index (κ3) is 7.11. The highest BCUT2D eigenvalue weighted by Crippen LogP contribution is 2.12. The first-order chi connectivity index (χ1) is 15.7. The fourth-order valence-corrected chi connectivity index (χ4v) is 3.49. The lowest BCUT2D eigenvalue weighted by atomic mass is 10.1. The van der Waals surface area contributed by atoms with Crippen LogP contribution in [0.4, 0.5) is 5.95 Å². The van der Waals surface area contributed by atoms with Crippen LogP contribution >= 0.6 is 0 Å². The summed E-state index contributed by atoms with van der Waals surface area (Å²) < 4.78 is 5.19. The van der Waals surface area contributed by atoms with Gasteiger partial charge in [0.2, 0.25) is 11.9 Å². The zero-order chi connectivity index (χ0) is 22.6. The molecule has 1 amide bonds. The highest BCUT2D eigenvalue weighted by molar-refractivity contribution is 5.81. The minimum Gasteiger partial charge on any atom is -0.497 e. The molecule has 2 N–H and O–H groups in total. The number of rotatable bonds is 9. The molecule has 9 heteroatoms. The molecular formula is C23H33N7O2. The van der Waals surface area contributed by atoms with E-state index in [0.717, 1.165) is 50.3 Å². The first-order valence-electron chi connectivity index (χ1n) is 11.1. The molecule has 0 bridgehead atoms. The third-order valence-corrected chi connectivity index (χ3v) is 5.27. The Morgan fingerprint density at radius 2 is 1.81 bits per heavy atom. The maximum absolute atomic E-state index is 12.6. The Morgan fingerprint density at radius 1 is 1.09 bits per heavy atom.